The van der Waals surface area contributed by atoms with Gasteiger partial charge < -0.3 is 5.32 Å². The van der Waals surface area contributed by atoms with Crippen molar-refractivity contribution in [2.75, 3.05) is 19.6 Å². The molecule has 1 fully saturated rings. The number of rotatable bonds is 6. The predicted octanol–water partition coefficient (Wildman–Crippen LogP) is 3.77. The number of hydrogen-bond acceptors (Lipinski definition) is 2. The maximum absolute atomic E-state index is 3.76. The van der Waals surface area contributed by atoms with E-state index in [-0.39, 0.29) is 0 Å². The van der Waals surface area contributed by atoms with E-state index in [2.05, 4.69) is 62.2 Å². The normalized spacial score (nSPS) is 19.4. The minimum Gasteiger partial charge on any atom is -0.309 e. The smallest absolute Gasteiger partial charge is 0.0295 e. The molecule has 2 unspecified atom stereocenters. The van der Waals surface area contributed by atoms with Crippen molar-refractivity contribution >= 4 is 0 Å². The summed E-state index contributed by atoms with van der Waals surface area (Å²) in [6.07, 6.45) is 2.74. The van der Waals surface area contributed by atoms with Crippen LogP contribution in [-0.4, -0.2) is 30.6 Å². The van der Waals surface area contributed by atoms with Gasteiger partial charge in [0.05, 0.1) is 0 Å². The van der Waals surface area contributed by atoms with Crippen molar-refractivity contribution in [2.24, 2.45) is 5.92 Å². The second-order valence-corrected chi connectivity index (χ2v) is 6.54. The van der Waals surface area contributed by atoms with Gasteiger partial charge in [0.2, 0.25) is 0 Å². The molecule has 112 valence electrons. The highest BCUT2D eigenvalue weighted by Crippen LogP contribution is 2.20. The van der Waals surface area contributed by atoms with Gasteiger partial charge >= 0.3 is 0 Å². The van der Waals surface area contributed by atoms with Crippen molar-refractivity contribution in [3.05, 3.63) is 35.4 Å². The van der Waals surface area contributed by atoms with Gasteiger partial charge in [0.1, 0.15) is 0 Å². The fraction of sp³-hybridized carbons (Fsp3) is 0.667. The molecule has 1 heterocycles. The average Bonchev–Trinajstić information content (AvgIpc) is 2.92. The summed E-state index contributed by atoms with van der Waals surface area (Å²) in [5, 5.41) is 3.76. The highest BCUT2D eigenvalue weighted by atomic mass is 15.2. The van der Waals surface area contributed by atoms with Crippen LogP contribution in [0.25, 0.3) is 0 Å². The van der Waals surface area contributed by atoms with E-state index in [1.165, 1.54) is 37.1 Å². The fourth-order valence-electron chi connectivity index (χ4n) is 3.34. The lowest BCUT2D eigenvalue weighted by Crippen LogP contribution is -2.44. The zero-order valence-corrected chi connectivity index (χ0v) is 13.5. The molecule has 0 amide bonds. The van der Waals surface area contributed by atoms with Gasteiger partial charge in [0.25, 0.3) is 0 Å². The first-order valence-electron chi connectivity index (χ1n) is 8.12. The molecule has 20 heavy (non-hydrogen) atoms. The van der Waals surface area contributed by atoms with Crippen molar-refractivity contribution in [1.29, 1.82) is 0 Å². The first kappa shape index (κ1) is 15.5. The van der Waals surface area contributed by atoms with Crippen LogP contribution in [0.5, 0.6) is 0 Å². The minimum absolute atomic E-state index is 0.431. The molecule has 1 aliphatic heterocycles. The summed E-state index contributed by atoms with van der Waals surface area (Å²) in [4.78, 5) is 2.67. The van der Waals surface area contributed by atoms with Gasteiger partial charge in [-0.3, -0.25) is 4.90 Å². The maximum Gasteiger partial charge on any atom is 0.0295 e. The molecule has 0 bridgehead atoms. The maximum atomic E-state index is 3.76. The molecular weight excluding hydrogens is 244 g/mol. The van der Waals surface area contributed by atoms with Crippen LogP contribution >= 0.6 is 0 Å². The van der Waals surface area contributed by atoms with Crippen molar-refractivity contribution in [1.82, 2.24) is 10.2 Å². The fourth-order valence-corrected chi connectivity index (χ4v) is 3.34. The van der Waals surface area contributed by atoms with Crippen LogP contribution in [0, 0.1) is 12.8 Å². The zero-order valence-electron chi connectivity index (χ0n) is 13.5. The van der Waals surface area contributed by atoms with Crippen LogP contribution in [0.2, 0.25) is 0 Å². The number of likely N-dealkylation sites (tertiary alicyclic amines) is 1. The van der Waals surface area contributed by atoms with Gasteiger partial charge in [-0.25, -0.2) is 0 Å². The Morgan fingerprint density at radius 2 is 1.75 bits per heavy atom. The van der Waals surface area contributed by atoms with Crippen LogP contribution in [0.1, 0.15) is 50.8 Å². The monoisotopic (exact) mass is 274 g/mol. The van der Waals surface area contributed by atoms with Crippen LogP contribution < -0.4 is 5.32 Å². The number of nitrogens with zero attached hydrogens (tertiary/aromatic N) is 1. The number of hydrogen-bond donors (Lipinski definition) is 1. The molecular formula is C18H30N2. The summed E-state index contributed by atoms with van der Waals surface area (Å²) in [5.74, 6) is 0.713. The van der Waals surface area contributed by atoms with E-state index in [4.69, 9.17) is 0 Å². The first-order valence-corrected chi connectivity index (χ1v) is 8.12. The van der Waals surface area contributed by atoms with Gasteiger partial charge in [-0.2, -0.15) is 0 Å². The molecule has 1 aromatic carbocycles. The van der Waals surface area contributed by atoms with E-state index in [9.17, 15) is 0 Å². The number of aryl methyl sites for hydroxylation is 1. The van der Waals surface area contributed by atoms with Crippen LogP contribution in [-0.2, 0) is 0 Å². The topological polar surface area (TPSA) is 15.3 Å². The molecule has 0 spiro atoms. The summed E-state index contributed by atoms with van der Waals surface area (Å²) >= 11 is 0. The van der Waals surface area contributed by atoms with Gasteiger partial charge in [-0.15, -0.1) is 0 Å². The van der Waals surface area contributed by atoms with Crippen molar-refractivity contribution < 1.29 is 0 Å². The van der Waals surface area contributed by atoms with Crippen LogP contribution in [0.4, 0.5) is 0 Å². The third kappa shape index (κ3) is 3.83. The largest absolute Gasteiger partial charge is 0.309 e. The zero-order chi connectivity index (χ0) is 14.5. The first-order chi connectivity index (χ1) is 9.59. The average molecular weight is 274 g/mol. The SMILES string of the molecule is Cc1ccccc1C(C)NCC(C(C)C)N1CCCC1. The molecule has 1 saturated heterocycles. The van der Waals surface area contributed by atoms with E-state index >= 15 is 0 Å². The highest BCUT2D eigenvalue weighted by Gasteiger charge is 2.24. The van der Waals surface area contributed by atoms with Crippen LogP contribution in [0.3, 0.4) is 0 Å². The third-order valence-electron chi connectivity index (χ3n) is 4.67. The highest BCUT2D eigenvalue weighted by molar-refractivity contribution is 5.28. The standard InChI is InChI=1S/C18H30N2/c1-14(2)18(20-11-7-8-12-20)13-19-16(4)17-10-6-5-9-15(17)3/h5-6,9-10,14,16,18-19H,7-8,11-13H2,1-4H3. The molecule has 0 aliphatic carbocycles. The van der Waals surface area contributed by atoms with Crippen molar-refractivity contribution in [2.45, 2.75) is 52.6 Å². The molecule has 0 radical (unpaired) electrons. The van der Waals surface area contributed by atoms with Gasteiger partial charge in [0.15, 0.2) is 0 Å². The third-order valence-corrected chi connectivity index (χ3v) is 4.67. The predicted molar refractivity (Wildman–Crippen MR) is 87.0 cm³/mol. The molecule has 2 atom stereocenters. The van der Waals surface area contributed by atoms with E-state index in [0.717, 1.165) is 6.54 Å². The van der Waals surface area contributed by atoms with Gasteiger partial charge in [0, 0.05) is 18.6 Å². The van der Waals surface area contributed by atoms with Crippen molar-refractivity contribution in [3.8, 4) is 0 Å². The Kier molecular flexibility index (Phi) is 5.62. The Morgan fingerprint density at radius 3 is 2.35 bits per heavy atom. The summed E-state index contributed by atoms with van der Waals surface area (Å²) in [7, 11) is 0. The lowest BCUT2D eigenvalue weighted by molar-refractivity contribution is 0.183. The summed E-state index contributed by atoms with van der Waals surface area (Å²) < 4.78 is 0. The van der Waals surface area contributed by atoms with Crippen molar-refractivity contribution in [3.63, 3.8) is 0 Å². The second-order valence-electron chi connectivity index (χ2n) is 6.54. The Hall–Kier alpha value is -0.860. The Labute approximate surface area is 124 Å². The number of nitrogens with one attached hydrogen (secondary N) is 1. The Balaban J connectivity index is 1.93. The molecule has 2 rings (SSSR count). The minimum atomic E-state index is 0.431. The molecule has 1 N–H and O–H groups in total. The van der Waals surface area contributed by atoms with E-state index < -0.39 is 0 Å². The van der Waals surface area contributed by atoms with E-state index in [0.29, 0.717) is 18.0 Å². The van der Waals surface area contributed by atoms with Gasteiger partial charge in [-0.05, 0) is 56.8 Å². The lowest BCUT2D eigenvalue weighted by Gasteiger charge is -2.32. The summed E-state index contributed by atoms with van der Waals surface area (Å²) in [6, 6.07) is 9.80. The van der Waals surface area contributed by atoms with Crippen LogP contribution in [0.15, 0.2) is 24.3 Å². The molecule has 0 aromatic heterocycles. The second kappa shape index (κ2) is 7.24. The lowest BCUT2D eigenvalue weighted by atomic mass is 10.00. The van der Waals surface area contributed by atoms with E-state index in [1.807, 2.05) is 0 Å². The quantitative estimate of drug-likeness (QED) is 0.849. The molecule has 2 heteroatoms. The number of benzene rings is 1. The Morgan fingerprint density at radius 1 is 1.10 bits per heavy atom. The molecule has 0 saturated carbocycles. The molecule has 1 aliphatic rings. The van der Waals surface area contributed by atoms with E-state index in [1.54, 1.807) is 0 Å². The molecule has 2 nitrogen and oxygen atoms in total. The van der Waals surface area contributed by atoms with Gasteiger partial charge in [-0.1, -0.05) is 38.1 Å². The summed E-state index contributed by atoms with van der Waals surface area (Å²) in [5.41, 5.74) is 2.81. The summed E-state index contributed by atoms with van der Waals surface area (Å²) in [6.45, 7) is 12.8. The molecule has 1 aromatic rings. The Bertz CT molecular complexity index is 408.